The Labute approximate surface area is 134 Å². The number of alkyl halides is 3. The third kappa shape index (κ3) is 4.16. The Morgan fingerprint density at radius 1 is 1.35 bits per heavy atom. The number of likely N-dealkylation sites (N-methyl/N-ethyl adjacent to an activating group) is 1. The van der Waals surface area contributed by atoms with Gasteiger partial charge in [0.1, 0.15) is 0 Å². The number of amides is 1. The highest BCUT2D eigenvalue weighted by atomic mass is 19.4. The van der Waals surface area contributed by atoms with Crippen LogP contribution < -0.4 is 5.73 Å². The molecule has 0 aromatic carbocycles. The summed E-state index contributed by atoms with van der Waals surface area (Å²) in [5, 5.41) is 0. The lowest BCUT2D eigenvalue weighted by Gasteiger charge is -2.39. The first kappa shape index (κ1) is 17.6. The van der Waals surface area contributed by atoms with Crippen molar-refractivity contribution in [2.24, 2.45) is 5.73 Å². The van der Waals surface area contributed by atoms with Gasteiger partial charge in [-0.3, -0.25) is 4.79 Å². The second kappa shape index (κ2) is 6.78. The Morgan fingerprint density at radius 3 is 2.61 bits per heavy atom. The fraction of sp³-hybridized carbons (Fsp3) is 0.562. The molecule has 2 aliphatic rings. The quantitative estimate of drug-likeness (QED) is 0.864. The molecule has 2 N–H and O–H groups in total. The third-order valence-corrected chi connectivity index (χ3v) is 4.28. The number of hydrogen-bond donors (Lipinski definition) is 1. The Balaban J connectivity index is 2.34. The van der Waals surface area contributed by atoms with Crippen molar-refractivity contribution in [2.45, 2.75) is 31.5 Å². The molecule has 0 bridgehead atoms. The molecule has 0 aromatic heterocycles. The van der Waals surface area contributed by atoms with Crippen molar-refractivity contribution in [3.8, 4) is 0 Å². The largest absolute Gasteiger partial charge is 0.418 e. The van der Waals surface area contributed by atoms with Gasteiger partial charge in [0.05, 0.1) is 5.57 Å². The molecule has 1 aliphatic heterocycles. The van der Waals surface area contributed by atoms with Crippen molar-refractivity contribution < 1.29 is 18.0 Å². The molecule has 1 amide bonds. The van der Waals surface area contributed by atoms with E-state index in [4.69, 9.17) is 5.73 Å². The maximum absolute atomic E-state index is 13.5. The molecule has 2 rings (SSSR count). The first-order valence-electron chi connectivity index (χ1n) is 7.61. The fourth-order valence-corrected chi connectivity index (χ4v) is 2.99. The number of piperidine rings is 1. The molecule has 0 radical (unpaired) electrons. The summed E-state index contributed by atoms with van der Waals surface area (Å²) < 4.78 is 40.5. The van der Waals surface area contributed by atoms with Crippen LogP contribution in [0.3, 0.4) is 0 Å². The second-order valence-electron chi connectivity index (χ2n) is 6.11. The van der Waals surface area contributed by atoms with Gasteiger partial charge in [-0.05, 0) is 39.4 Å². The zero-order chi connectivity index (χ0) is 17.2. The number of halogens is 3. The Hall–Kier alpha value is -1.76. The van der Waals surface area contributed by atoms with E-state index in [1.807, 2.05) is 19.0 Å². The summed E-state index contributed by atoms with van der Waals surface area (Å²) in [7, 11) is 3.87. The Bertz CT molecular complexity index is 561. The maximum Gasteiger partial charge on any atom is 0.418 e. The van der Waals surface area contributed by atoms with Crippen LogP contribution in [0.4, 0.5) is 13.2 Å². The van der Waals surface area contributed by atoms with Gasteiger partial charge in [-0.25, -0.2) is 0 Å². The van der Waals surface area contributed by atoms with Crippen molar-refractivity contribution in [1.82, 2.24) is 9.80 Å². The molecule has 1 saturated heterocycles. The molecule has 1 atom stereocenters. The minimum Gasteiger partial charge on any atom is -0.370 e. The van der Waals surface area contributed by atoms with Gasteiger partial charge in [-0.15, -0.1) is 0 Å². The van der Waals surface area contributed by atoms with E-state index in [2.05, 4.69) is 0 Å². The van der Waals surface area contributed by atoms with Crippen LogP contribution in [-0.2, 0) is 4.79 Å². The van der Waals surface area contributed by atoms with E-state index in [1.165, 1.54) is 12.2 Å². The van der Waals surface area contributed by atoms with E-state index in [-0.39, 0.29) is 23.7 Å². The zero-order valence-corrected chi connectivity index (χ0v) is 13.4. The van der Waals surface area contributed by atoms with Crippen molar-refractivity contribution in [3.63, 3.8) is 0 Å². The van der Waals surface area contributed by atoms with Crippen LogP contribution >= 0.6 is 0 Å². The molecular formula is C16H22F3N3O. The molecule has 1 heterocycles. The summed E-state index contributed by atoms with van der Waals surface area (Å²) in [4.78, 5) is 15.1. The number of carbonyl (C=O) groups is 1. The van der Waals surface area contributed by atoms with Crippen molar-refractivity contribution in [2.75, 3.05) is 27.2 Å². The van der Waals surface area contributed by atoms with Crippen LogP contribution in [0.1, 0.15) is 19.3 Å². The minimum atomic E-state index is -4.53. The van der Waals surface area contributed by atoms with Gasteiger partial charge in [-0.1, -0.05) is 12.2 Å². The highest BCUT2D eigenvalue weighted by molar-refractivity contribution is 5.95. The van der Waals surface area contributed by atoms with Crippen LogP contribution in [0.15, 0.2) is 35.1 Å². The van der Waals surface area contributed by atoms with Crippen LogP contribution in [0.5, 0.6) is 0 Å². The summed E-state index contributed by atoms with van der Waals surface area (Å²) in [6.45, 7) is 1.12. The van der Waals surface area contributed by atoms with E-state index in [0.29, 0.717) is 13.1 Å². The SMILES string of the molecule is CN(C)[C@@H]1CCCN(C2=CCC=C(C(N)=O)C=C2C(F)(F)F)C1. The monoisotopic (exact) mass is 329 g/mol. The van der Waals surface area contributed by atoms with Crippen molar-refractivity contribution >= 4 is 5.91 Å². The van der Waals surface area contributed by atoms with Gasteiger partial charge in [0.25, 0.3) is 0 Å². The highest BCUT2D eigenvalue weighted by Gasteiger charge is 2.39. The third-order valence-electron chi connectivity index (χ3n) is 4.28. The van der Waals surface area contributed by atoms with Crippen molar-refractivity contribution in [1.29, 1.82) is 0 Å². The highest BCUT2D eigenvalue weighted by Crippen LogP contribution is 2.36. The van der Waals surface area contributed by atoms with Gasteiger partial charge in [0.15, 0.2) is 0 Å². The number of hydrogen-bond acceptors (Lipinski definition) is 3. The predicted molar refractivity (Wildman–Crippen MR) is 82.4 cm³/mol. The first-order valence-corrected chi connectivity index (χ1v) is 7.61. The average Bonchev–Trinajstić information content (AvgIpc) is 2.69. The molecule has 0 unspecified atom stereocenters. The fourth-order valence-electron chi connectivity index (χ4n) is 2.99. The molecule has 1 aliphatic carbocycles. The first-order chi connectivity index (χ1) is 10.7. The zero-order valence-electron chi connectivity index (χ0n) is 13.4. The normalized spacial score (nSPS) is 23.1. The minimum absolute atomic E-state index is 0.0928. The number of primary amides is 1. The second-order valence-corrected chi connectivity index (χ2v) is 6.11. The van der Waals surface area contributed by atoms with E-state index in [9.17, 15) is 18.0 Å². The molecule has 4 nitrogen and oxygen atoms in total. The standard InChI is InChI=1S/C16H22F3N3O/c1-21(2)12-6-4-8-22(10-12)14-7-3-5-11(15(20)23)9-13(14)16(17,18)19/h5,7,9,12H,3-4,6,8,10H2,1-2H3,(H2,20,23)/t12-/m1/s1. The summed E-state index contributed by atoms with van der Waals surface area (Å²) in [6.07, 6.45) is 1.37. The molecule has 128 valence electrons. The topological polar surface area (TPSA) is 49.6 Å². The molecule has 0 spiro atoms. The average molecular weight is 329 g/mol. The van der Waals surface area contributed by atoms with Gasteiger partial charge < -0.3 is 15.5 Å². The summed E-state index contributed by atoms with van der Waals surface area (Å²) in [5.41, 5.74) is 4.43. The molecule has 23 heavy (non-hydrogen) atoms. The van der Waals surface area contributed by atoms with Gasteiger partial charge in [0, 0.05) is 30.4 Å². The number of rotatable bonds is 3. The Kier molecular flexibility index (Phi) is 5.19. The summed E-state index contributed by atoms with van der Waals surface area (Å²) in [5.74, 6) is -0.841. The van der Waals surface area contributed by atoms with E-state index >= 15 is 0 Å². The van der Waals surface area contributed by atoms with Gasteiger partial charge >= 0.3 is 6.18 Å². The molecule has 0 aromatic rings. The van der Waals surface area contributed by atoms with Crippen LogP contribution in [0, 0.1) is 0 Å². The lowest BCUT2D eigenvalue weighted by molar-refractivity contribution is -0.114. The van der Waals surface area contributed by atoms with Crippen molar-refractivity contribution in [3.05, 3.63) is 35.1 Å². The van der Waals surface area contributed by atoms with E-state index in [1.54, 1.807) is 4.90 Å². The molecule has 1 fully saturated rings. The Morgan fingerprint density at radius 2 is 2.04 bits per heavy atom. The van der Waals surface area contributed by atoms with Crippen LogP contribution in [-0.4, -0.2) is 55.1 Å². The summed E-state index contributed by atoms with van der Waals surface area (Å²) >= 11 is 0. The maximum atomic E-state index is 13.5. The van der Waals surface area contributed by atoms with Crippen LogP contribution in [0.2, 0.25) is 0 Å². The number of carbonyl (C=O) groups excluding carboxylic acids is 1. The number of nitrogens with zero attached hydrogens (tertiary/aromatic N) is 2. The van der Waals surface area contributed by atoms with Gasteiger partial charge in [0.2, 0.25) is 5.91 Å². The van der Waals surface area contributed by atoms with E-state index < -0.39 is 17.7 Å². The van der Waals surface area contributed by atoms with E-state index in [0.717, 1.165) is 18.9 Å². The number of likely N-dealkylation sites (tertiary alicyclic amines) is 1. The predicted octanol–water partition coefficient (Wildman–Crippen LogP) is 2.20. The lowest BCUT2D eigenvalue weighted by Crippen LogP contribution is -2.45. The molecular weight excluding hydrogens is 307 g/mol. The molecule has 7 heteroatoms. The lowest BCUT2D eigenvalue weighted by atomic mass is 10.0. The van der Waals surface area contributed by atoms with Gasteiger partial charge in [-0.2, -0.15) is 13.2 Å². The smallest absolute Gasteiger partial charge is 0.370 e. The number of allylic oxidation sites excluding steroid dienone is 3. The number of nitrogens with two attached hydrogens (primary N) is 1. The summed E-state index contributed by atoms with van der Waals surface area (Å²) in [6, 6.07) is 0.214. The molecule has 0 saturated carbocycles. The van der Waals surface area contributed by atoms with Crippen LogP contribution in [0.25, 0.3) is 0 Å².